The zero-order valence-electron chi connectivity index (χ0n) is 18.8. The smallest absolute Gasteiger partial charge is 0.252 e. The molecule has 4 aromatic rings. The van der Waals surface area contributed by atoms with Gasteiger partial charge in [0, 0.05) is 16.6 Å². The van der Waals surface area contributed by atoms with Gasteiger partial charge in [0.1, 0.15) is 6.04 Å². The second kappa shape index (κ2) is 9.67. The Bertz CT molecular complexity index is 1590. The van der Waals surface area contributed by atoms with E-state index in [0.717, 1.165) is 20.0 Å². The molecule has 1 unspecified atom stereocenters. The quantitative estimate of drug-likeness (QED) is 0.296. The third-order valence-corrected chi connectivity index (χ3v) is 8.64. The number of rotatable bonds is 6. The van der Waals surface area contributed by atoms with Crippen molar-refractivity contribution in [3.63, 3.8) is 0 Å². The molecule has 1 heterocycles. The summed E-state index contributed by atoms with van der Waals surface area (Å²) in [6.07, 6.45) is -0.293. The van der Waals surface area contributed by atoms with Crippen LogP contribution in [-0.4, -0.2) is 30.6 Å². The third-order valence-electron chi connectivity index (χ3n) is 6.17. The number of benzene rings is 4. The highest BCUT2D eigenvalue weighted by atomic mass is 35.5. The number of carbonyl (C=O) groups is 2. The number of hydrogen-bond donors (Lipinski definition) is 0. The summed E-state index contributed by atoms with van der Waals surface area (Å²) in [6, 6.07) is 24.0. The van der Waals surface area contributed by atoms with Crippen molar-refractivity contribution in [2.45, 2.75) is 23.9 Å². The Kier molecular flexibility index (Phi) is 6.57. The summed E-state index contributed by atoms with van der Waals surface area (Å²) in [5.74, 6) is -1.12. The normalized spacial score (nSPS) is 16.3. The van der Waals surface area contributed by atoms with E-state index >= 15 is 0 Å². The van der Waals surface area contributed by atoms with Crippen LogP contribution in [0.1, 0.15) is 12.0 Å². The van der Waals surface area contributed by atoms with E-state index in [9.17, 15) is 18.0 Å². The van der Waals surface area contributed by atoms with E-state index in [0.29, 0.717) is 21.3 Å². The predicted molar refractivity (Wildman–Crippen MR) is 140 cm³/mol. The summed E-state index contributed by atoms with van der Waals surface area (Å²) in [5.41, 5.74) is 0.853. The van der Waals surface area contributed by atoms with E-state index in [2.05, 4.69) is 0 Å². The van der Waals surface area contributed by atoms with Crippen LogP contribution in [0.2, 0.25) is 10.0 Å². The second-order valence-corrected chi connectivity index (χ2v) is 11.1. The van der Waals surface area contributed by atoms with E-state index in [-0.39, 0.29) is 17.9 Å². The van der Waals surface area contributed by atoms with Gasteiger partial charge in [-0.2, -0.15) is 4.31 Å². The summed E-state index contributed by atoms with van der Waals surface area (Å²) in [6.45, 7) is -0.174. The Labute approximate surface area is 218 Å². The maximum atomic E-state index is 14.0. The summed E-state index contributed by atoms with van der Waals surface area (Å²) >= 11 is 12.3. The lowest BCUT2D eigenvalue weighted by Crippen LogP contribution is -2.45. The van der Waals surface area contributed by atoms with Gasteiger partial charge in [-0.1, -0.05) is 71.7 Å². The molecule has 0 aliphatic carbocycles. The van der Waals surface area contributed by atoms with Gasteiger partial charge in [0.05, 0.1) is 17.0 Å². The van der Waals surface area contributed by atoms with Crippen molar-refractivity contribution in [2.24, 2.45) is 0 Å². The number of fused-ring (bicyclic) bond motifs is 1. The van der Waals surface area contributed by atoms with E-state index in [1.807, 2.05) is 24.3 Å². The zero-order valence-corrected chi connectivity index (χ0v) is 21.2. The zero-order chi connectivity index (χ0) is 25.4. The molecule has 2 amide bonds. The lowest BCUT2D eigenvalue weighted by atomic mass is 10.1. The van der Waals surface area contributed by atoms with E-state index < -0.39 is 27.9 Å². The monoisotopic (exact) mass is 538 g/mol. The van der Waals surface area contributed by atoms with Gasteiger partial charge >= 0.3 is 0 Å². The summed E-state index contributed by atoms with van der Waals surface area (Å²) in [4.78, 5) is 27.5. The van der Waals surface area contributed by atoms with E-state index in [4.69, 9.17) is 23.2 Å². The molecule has 4 aromatic carbocycles. The van der Waals surface area contributed by atoms with Crippen molar-refractivity contribution in [3.8, 4) is 0 Å². The number of nitrogens with zero attached hydrogens (tertiary/aromatic N) is 2. The van der Waals surface area contributed by atoms with E-state index in [1.54, 1.807) is 60.7 Å². The van der Waals surface area contributed by atoms with Gasteiger partial charge in [0.25, 0.3) is 5.91 Å². The topological polar surface area (TPSA) is 74.8 Å². The second-order valence-electron chi connectivity index (χ2n) is 8.41. The van der Waals surface area contributed by atoms with Crippen molar-refractivity contribution in [1.82, 2.24) is 4.31 Å². The minimum Gasteiger partial charge on any atom is -0.274 e. The summed E-state index contributed by atoms with van der Waals surface area (Å²) < 4.78 is 29.1. The van der Waals surface area contributed by atoms with Crippen molar-refractivity contribution in [3.05, 3.63) is 107 Å². The van der Waals surface area contributed by atoms with Crippen LogP contribution in [0.4, 0.5) is 5.69 Å². The maximum absolute atomic E-state index is 14.0. The van der Waals surface area contributed by atoms with E-state index in [1.165, 1.54) is 6.07 Å². The van der Waals surface area contributed by atoms with Gasteiger partial charge < -0.3 is 0 Å². The molecule has 5 rings (SSSR count). The highest BCUT2D eigenvalue weighted by molar-refractivity contribution is 7.89. The van der Waals surface area contributed by atoms with Crippen LogP contribution in [0.25, 0.3) is 10.8 Å². The van der Waals surface area contributed by atoms with Crippen LogP contribution in [0.15, 0.2) is 95.9 Å². The first-order chi connectivity index (χ1) is 17.3. The molecule has 36 heavy (non-hydrogen) atoms. The van der Waals surface area contributed by atoms with Gasteiger partial charge in [-0.05, 0) is 58.8 Å². The number of hydrogen-bond acceptors (Lipinski definition) is 4. The largest absolute Gasteiger partial charge is 0.274 e. The van der Waals surface area contributed by atoms with Gasteiger partial charge in [-0.3, -0.25) is 9.59 Å². The maximum Gasteiger partial charge on any atom is 0.252 e. The fourth-order valence-electron chi connectivity index (χ4n) is 4.32. The molecule has 1 fully saturated rings. The molecular weight excluding hydrogens is 519 g/mol. The SMILES string of the molecule is O=C1CC(N(Cc2ccccc2Cl)S(=O)(=O)c2ccc3ccccc3c2)C(=O)N1c1ccc(Cl)cc1. The first kappa shape index (κ1) is 24.5. The van der Waals surface area contributed by atoms with Crippen molar-refractivity contribution in [2.75, 3.05) is 4.90 Å². The minimum absolute atomic E-state index is 0.0263. The van der Waals surface area contributed by atoms with Gasteiger partial charge in [0.15, 0.2) is 0 Å². The molecule has 0 bridgehead atoms. The number of carbonyl (C=O) groups excluding carboxylic acids is 2. The Hall–Kier alpha value is -3.23. The molecule has 9 heteroatoms. The average Bonchev–Trinajstić information content (AvgIpc) is 3.16. The fraction of sp³-hybridized carbons (Fsp3) is 0.111. The predicted octanol–water partition coefficient (Wildman–Crippen LogP) is 5.67. The molecule has 0 N–H and O–H groups in total. The molecule has 0 saturated carbocycles. The molecular formula is C27H20Cl2N2O4S. The van der Waals surface area contributed by atoms with Crippen LogP contribution in [0.5, 0.6) is 0 Å². The molecule has 0 aromatic heterocycles. The number of anilines is 1. The fourth-order valence-corrected chi connectivity index (χ4v) is 6.24. The third kappa shape index (κ3) is 4.51. The molecule has 0 spiro atoms. The Morgan fingerprint density at radius 2 is 1.50 bits per heavy atom. The number of amides is 2. The molecule has 1 saturated heterocycles. The molecule has 0 radical (unpaired) electrons. The van der Waals surface area contributed by atoms with Crippen molar-refractivity contribution in [1.29, 1.82) is 0 Å². The highest BCUT2D eigenvalue weighted by Gasteiger charge is 2.47. The van der Waals surface area contributed by atoms with Gasteiger partial charge in [-0.15, -0.1) is 0 Å². The average molecular weight is 539 g/mol. The summed E-state index contributed by atoms with van der Waals surface area (Å²) in [5, 5.41) is 2.44. The number of sulfonamides is 1. The first-order valence-electron chi connectivity index (χ1n) is 11.1. The van der Waals surface area contributed by atoms with Crippen LogP contribution >= 0.6 is 23.2 Å². The van der Waals surface area contributed by atoms with Gasteiger partial charge in [0.2, 0.25) is 15.9 Å². The molecule has 182 valence electrons. The van der Waals surface area contributed by atoms with Crippen molar-refractivity contribution < 1.29 is 18.0 Å². The highest BCUT2D eigenvalue weighted by Crippen LogP contribution is 2.33. The Morgan fingerprint density at radius 3 is 2.22 bits per heavy atom. The molecule has 1 atom stereocenters. The van der Waals surface area contributed by atoms with Gasteiger partial charge in [-0.25, -0.2) is 13.3 Å². The standard InChI is InChI=1S/C27H20Cl2N2O4S/c28-21-10-12-22(13-11-21)31-26(32)16-25(27(31)33)30(17-20-7-3-4-8-24(20)29)36(34,35)23-14-9-18-5-1-2-6-19(18)15-23/h1-15,25H,16-17H2. The lowest BCUT2D eigenvalue weighted by molar-refractivity contribution is -0.122. The Morgan fingerprint density at radius 1 is 0.833 bits per heavy atom. The number of halogens is 2. The molecule has 1 aliphatic heterocycles. The van der Waals surface area contributed by atoms with Crippen molar-refractivity contribution >= 4 is 61.5 Å². The lowest BCUT2D eigenvalue weighted by Gasteiger charge is -2.27. The van der Waals surface area contributed by atoms with Crippen LogP contribution in [-0.2, 0) is 26.2 Å². The molecule has 1 aliphatic rings. The summed E-state index contributed by atoms with van der Waals surface area (Å²) in [7, 11) is -4.21. The van der Waals surface area contributed by atoms with Crippen LogP contribution in [0.3, 0.4) is 0 Å². The molecule has 6 nitrogen and oxygen atoms in total. The minimum atomic E-state index is -4.21. The van der Waals surface area contributed by atoms with Crippen LogP contribution in [0, 0.1) is 0 Å². The number of imide groups is 1. The van der Waals surface area contributed by atoms with Crippen LogP contribution < -0.4 is 4.90 Å². The Balaban J connectivity index is 1.59. The first-order valence-corrected chi connectivity index (χ1v) is 13.3.